The number of carbonyl (C=O) groups excluding carboxylic acids is 1. The van der Waals surface area contributed by atoms with Crippen molar-refractivity contribution in [1.82, 2.24) is 5.32 Å². The van der Waals surface area contributed by atoms with Gasteiger partial charge in [-0.15, -0.1) is 11.6 Å². The molecule has 0 aromatic heterocycles. The van der Waals surface area contributed by atoms with Crippen LogP contribution in [0.2, 0.25) is 0 Å². The zero-order valence-electron chi connectivity index (χ0n) is 8.77. The first-order valence-corrected chi connectivity index (χ1v) is 5.37. The van der Waals surface area contributed by atoms with Gasteiger partial charge in [0.2, 0.25) is 5.91 Å². The fourth-order valence-electron chi connectivity index (χ4n) is 1.22. The molecule has 0 fully saturated rings. The maximum absolute atomic E-state index is 13.3. The summed E-state index contributed by atoms with van der Waals surface area (Å²) in [6.45, 7) is 2.30. The maximum atomic E-state index is 13.3. The minimum Gasteiger partial charge on any atom is -0.355 e. The van der Waals surface area contributed by atoms with Crippen molar-refractivity contribution in [2.45, 2.75) is 18.7 Å². The average Bonchev–Trinajstić information content (AvgIpc) is 2.25. The van der Waals surface area contributed by atoms with Gasteiger partial charge in [0, 0.05) is 6.54 Å². The smallest absolute Gasteiger partial charge is 0.242 e. The summed E-state index contributed by atoms with van der Waals surface area (Å²) in [5, 5.41) is 1.14. The summed E-state index contributed by atoms with van der Waals surface area (Å²) in [5.74, 6) is -2.22. The van der Waals surface area contributed by atoms with E-state index in [1.54, 1.807) is 0 Å². The molecule has 1 aromatic carbocycles. The van der Waals surface area contributed by atoms with Crippen LogP contribution in [0.1, 0.15) is 24.3 Å². The normalized spacial score (nSPS) is 12.2. The highest BCUT2D eigenvalue weighted by Crippen LogP contribution is 2.26. The Bertz CT molecular complexity index is 364. The fourth-order valence-corrected chi connectivity index (χ4v) is 1.51. The number of hydrogen-bond donors (Lipinski definition) is 1. The van der Waals surface area contributed by atoms with Gasteiger partial charge in [0.05, 0.1) is 5.56 Å². The number of benzene rings is 1. The third-order valence-corrected chi connectivity index (χ3v) is 2.45. The summed E-state index contributed by atoms with van der Waals surface area (Å²) in [7, 11) is 0. The molecule has 1 amide bonds. The summed E-state index contributed by atoms with van der Waals surface area (Å²) in [5.41, 5.74) is -0.405. The highest BCUT2D eigenvalue weighted by Gasteiger charge is 2.24. The van der Waals surface area contributed by atoms with E-state index in [2.05, 4.69) is 5.32 Å². The topological polar surface area (TPSA) is 29.1 Å². The first-order valence-electron chi connectivity index (χ1n) is 4.93. The van der Waals surface area contributed by atoms with E-state index in [-0.39, 0.29) is 0 Å². The lowest BCUT2D eigenvalue weighted by molar-refractivity contribution is -0.120. The molecule has 1 unspecified atom stereocenters. The van der Waals surface area contributed by atoms with Gasteiger partial charge >= 0.3 is 0 Å². The van der Waals surface area contributed by atoms with E-state index in [1.165, 1.54) is 6.07 Å². The van der Waals surface area contributed by atoms with Crippen LogP contribution in [0.25, 0.3) is 0 Å². The zero-order valence-corrected chi connectivity index (χ0v) is 9.52. The molecular weight excluding hydrogens is 236 g/mol. The molecule has 0 radical (unpaired) electrons. The number of hydrogen-bond acceptors (Lipinski definition) is 1. The van der Waals surface area contributed by atoms with E-state index in [9.17, 15) is 13.6 Å². The SMILES string of the molecule is CCCNC(=O)C(Cl)c1c(F)cccc1F. The van der Waals surface area contributed by atoms with Crippen molar-refractivity contribution in [2.75, 3.05) is 6.54 Å². The second-order valence-electron chi connectivity index (χ2n) is 3.29. The Morgan fingerprint density at radius 3 is 2.50 bits per heavy atom. The first kappa shape index (κ1) is 12.9. The van der Waals surface area contributed by atoms with E-state index >= 15 is 0 Å². The molecule has 0 aliphatic heterocycles. The maximum Gasteiger partial charge on any atom is 0.242 e. The second kappa shape index (κ2) is 5.80. The van der Waals surface area contributed by atoms with Crippen LogP contribution in [0.3, 0.4) is 0 Å². The van der Waals surface area contributed by atoms with E-state index < -0.39 is 28.5 Å². The van der Waals surface area contributed by atoms with Crippen LogP contribution in [-0.2, 0) is 4.79 Å². The second-order valence-corrected chi connectivity index (χ2v) is 3.73. The fraction of sp³-hybridized carbons (Fsp3) is 0.364. The predicted octanol–water partition coefficient (Wildman–Crippen LogP) is 2.77. The highest BCUT2D eigenvalue weighted by molar-refractivity contribution is 6.30. The molecule has 16 heavy (non-hydrogen) atoms. The quantitative estimate of drug-likeness (QED) is 0.815. The lowest BCUT2D eigenvalue weighted by atomic mass is 10.1. The van der Waals surface area contributed by atoms with Gasteiger partial charge in [-0.2, -0.15) is 0 Å². The van der Waals surface area contributed by atoms with E-state index in [0.717, 1.165) is 18.6 Å². The Balaban J connectivity index is 2.87. The average molecular weight is 248 g/mol. The molecule has 0 saturated carbocycles. The Morgan fingerprint density at radius 1 is 1.44 bits per heavy atom. The standard InChI is InChI=1S/C11H12ClF2NO/c1-2-6-15-11(16)10(12)9-7(13)4-3-5-8(9)14/h3-5,10H,2,6H2,1H3,(H,15,16). The third-order valence-electron chi connectivity index (χ3n) is 2.03. The molecule has 1 N–H and O–H groups in total. The van der Waals surface area contributed by atoms with Crippen molar-refractivity contribution >= 4 is 17.5 Å². The Morgan fingerprint density at radius 2 is 2.00 bits per heavy atom. The van der Waals surface area contributed by atoms with Gasteiger partial charge < -0.3 is 5.32 Å². The lowest BCUT2D eigenvalue weighted by Gasteiger charge is -2.11. The molecule has 1 aromatic rings. The monoisotopic (exact) mass is 247 g/mol. The van der Waals surface area contributed by atoms with Crippen LogP contribution in [0.4, 0.5) is 8.78 Å². The molecule has 0 heterocycles. The Kier molecular flexibility index (Phi) is 4.68. The van der Waals surface area contributed by atoms with Gasteiger partial charge in [-0.25, -0.2) is 8.78 Å². The highest BCUT2D eigenvalue weighted by atomic mass is 35.5. The number of nitrogens with one attached hydrogen (secondary N) is 1. The number of amides is 1. The molecular formula is C11H12ClF2NO. The van der Waals surface area contributed by atoms with Gasteiger partial charge in [0.15, 0.2) is 0 Å². The number of carbonyl (C=O) groups is 1. The van der Waals surface area contributed by atoms with Crippen LogP contribution >= 0.6 is 11.6 Å². The van der Waals surface area contributed by atoms with Crippen LogP contribution < -0.4 is 5.32 Å². The van der Waals surface area contributed by atoms with E-state index in [1.807, 2.05) is 6.92 Å². The van der Waals surface area contributed by atoms with Gasteiger partial charge in [-0.3, -0.25) is 4.79 Å². The molecule has 0 aliphatic rings. The van der Waals surface area contributed by atoms with Gasteiger partial charge in [0.1, 0.15) is 17.0 Å². The summed E-state index contributed by atoms with van der Waals surface area (Å²) >= 11 is 5.71. The van der Waals surface area contributed by atoms with Crippen molar-refractivity contribution in [3.05, 3.63) is 35.4 Å². The van der Waals surface area contributed by atoms with E-state index in [4.69, 9.17) is 11.6 Å². The zero-order chi connectivity index (χ0) is 12.1. The molecule has 0 aliphatic carbocycles. The molecule has 0 spiro atoms. The lowest BCUT2D eigenvalue weighted by Crippen LogP contribution is -2.28. The minimum atomic E-state index is -1.34. The molecule has 0 saturated heterocycles. The molecule has 1 atom stereocenters. The Labute approximate surface area is 97.6 Å². The van der Waals surface area contributed by atoms with Crippen LogP contribution in [0.15, 0.2) is 18.2 Å². The summed E-state index contributed by atoms with van der Waals surface area (Å²) in [4.78, 5) is 11.4. The molecule has 5 heteroatoms. The molecule has 1 rings (SSSR count). The molecule has 0 bridgehead atoms. The predicted molar refractivity (Wildman–Crippen MR) is 58.3 cm³/mol. The molecule has 2 nitrogen and oxygen atoms in total. The minimum absolute atomic E-state index is 0.405. The third kappa shape index (κ3) is 2.92. The van der Waals surface area contributed by atoms with Crippen LogP contribution in [0, 0.1) is 11.6 Å². The van der Waals surface area contributed by atoms with Crippen LogP contribution in [-0.4, -0.2) is 12.5 Å². The van der Waals surface area contributed by atoms with Gasteiger partial charge in [-0.05, 0) is 18.6 Å². The summed E-state index contributed by atoms with van der Waals surface area (Å²) in [6.07, 6.45) is 0.731. The first-order chi connectivity index (χ1) is 7.57. The van der Waals surface area contributed by atoms with Crippen molar-refractivity contribution in [3.63, 3.8) is 0 Å². The summed E-state index contributed by atoms with van der Waals surface area (Å²) < 4.78 is 26.6. The molecule has 88 valence electrons. The van der Waals surface area contributed by atoms with Crippen molar-refractivity contribution in [1.29, 1.82) is 0 Å². The largest absolute Gasteiger partial charge is 0.355 e. The van der Waals surface area contributed by atoms with Crippen molar-refractivity contribution in [3.8, 4) is 0 Å². The van der Waals surface area contributed by atoms with Crippen molar-refractivity contribution in [2.24, 2.45) is 0 Å². The number of alkyl halides is 1. The van der Waals surface area contributed by atoms with E-state index in [0.29, 0.717) is 6.54 Å². The number of rotatable bonds is 4. The number of halogens is 3. The summed E-state index contributed by atoms with van der Waals surface area (Å²) in [6, 6.07) is 3.36. The Hall–Kier alpha value is -1.16. The van der Waals surface area contributed by atoms with Crippen LogP contribution in [0.5, 0.6) is 0 Å². The van der Waals surface area contributed by atoms with Gasteiger partial charge in [-0.1, -0.05) is 13.0 Å². The van der Waals surface area contributed by atoms with Gasteiger partial charge in [0.25, 0.3) is 0 Å². The van der Waals surface area contributed by atoms with Crippen molar-refractivity contribution < 1.29 is 13.6 Å².